The molecule has 0 bridgehead atoms. The zero-order valence-electron chi connectivity index (χ0n) is 10.7. The van der Waals surface area contributed by atoms with Gasteiger partial charge in [0.2, 0.25) is 5.91 Å². The highest BCUT2D eigenvalue weighted by Gasteiger charge is 2.31. The molecule has 0 radical (unpaired) electrons. The van der Waals surface area contributed by atoms with Crippen molar-refractivity contribution in [2.24, 2.45) is 0 Å². The third-order valence-corrected chi connectivity index (χ3v) is 4.39. The monoisotopic (exact) mass is 407 g/mol. The number of hydrogen-bond acceptors (Lipinski definition) is 1. The minimum atomic E-state index is -2.56. The smallest absolute Gasteiger partial charge is 0.256 e. The van der Waals surface area contributed by atoms with Crippen molar-refractivity contribution in [3.8, 4) is 0 Å². The number of alkyl halides is 3. The van der Waals surface area contributed by atoms with Crippen LogP contribution in [0.25, 0.3) is 5.70 Å². The fourth-order valence-corrected chi connectivity index (χ4v) is 3.12. The Morgan fingerprint density at radius 3 is 2.75 bits per heavy atom. The van der Waals surface area contributed by atoms with E-state index in [4.69, 9.17) is 0 Å². The van der Waals surface area contributed by atoms with Gasteiger partial charge in [-0.3, -0.25) is 4.79 Å². The van der Waals surface area contributed by atoms with Gasteiger partial charge in [0, 0.05) is 15.7 Å². The predicted molar refractivity (Wildman–Crippen MR) is 81.9 cm³/mol. The van der Waals surface area contributed by atoms with Crippen LogP contribution >= 0.6 is 31.9 Å². The lowest BCUT2D eigenvalue weighted by atomic mass is 10.0. The van der Waals surface area contributed by atoms with Gasteiger partial charge in [-0.2, -0.15) is 0 Å². The van der Waals surface area contributed by atoms with Crippen molar-refractivity contribution < 1.29 is 13.6 Å². The van der Waals surface area contributed by atoms with E-state index >= 15 is 0 Å². The second-order valence-corrected chi connectivity index (χ2v) is 6.61. The first-order chi connectivity index (χ1) is 9.40. The third-order valence-electron chi connectivity index (χ3n) is 3.13. The number of benzene rings is 1. The predicted octanol–water partition coefficient (Wildman–Crippen LogP) is 4.36. The molecule has 6 heteroatoms. The molecule has 0 N–H and O–H groups in total. The molecule has 108 valence electrons. The largest absolute Gasteiger partial charge is 0.305 e. The van der Waals surface area contributed by atoms with Crippen molar-refractivity contribution in [1.82, 2.24) is 4.90 Å². The van der Waals surface area contributed by atoms with Gasteiger partial charge in [-0.1, -0.05) is 44.0 Å². The number of amides is 1. The lowest BCUT2D eigenvalue weighted by Gasteiger charge is -2.31. The first kappa shape index (κ1) is 15.6. The van der Waals surface area contributed by atoms with Crippen LogP contribution in [-0.2, 0) is 4.79 Å². The zero-order valence-corrected chi connectivity index (χ0v) is 13.9. The molecule has 0 saturated carbocycles. The highest BCUT2D eigenvalue weighted by Crippen LogP contribution is 2.32. The number of allylic oxidation sites excluding steroid dienone is 1. The summed E-state index contributed by atoms with van der Waals surface area (Å²) in [6.45, 7) is 1.31. The molecule has 2 nitrogen and oxygen atoms in total. The number of halogens is 4. The minimum absolute atomic E-state index is 0.315. The van der Waals surface area contributed by atoms with E-state index in [1.54, 1.807) is 0 Å². The highest BCUT2D eigenvalue weighted by molar-refractivity contribution is 9.10. The van der Waals surface area contributed by atoms with Crippen molar-refractivity contribution in [1.29, 1.82) is 0 Å². The average molecular weight is 409 g/mol. The van der Waals surface area contributed by atoms with E-state index in [1.807, 2.05) is 31.2 Å². The van der Waals surface area contributed by atoms with Crippen molar-refractivity contribution in [3.05, 3.63) is 39.9 Å². The zero-order chi connectivity index (χ0) is 14.9. The molecule has 2 rings (SSSR count). The summed E-state index contributed by atoms with van der Waals surface area (Å²) in [7, 11) is 0. The second kappa shape index (κ2) is 6.35. The SMILES string of the molecule is Cc1cc(Br)ccc1C1=CCC(Br)C(=O)N1CC(F)F. The maximum Gasteiger partial charge on any atom is 0.256 e. The van der Waals surface area contributed by atoms with E-state index in [9.17, 15) is 13.6 Å². The summed E-state index contributed by atoms with van der Waals surface area (Å²) in [6, 6.07) is 5.58. The topological polar surface area (TPSA) is 20.3 Å². The average Bonchev–Trinajstić information content (AvgIpc) is 2.36. The number of nitrogens with zero attached hydrogens (tertiary/aromatic N) is 1. The van der Waals surface area contributed by atoms with Crippen LogP contribution in [0.3, 0.4) is 0 Å². The van der Waals surface area contributed by atoms with Crippen molar-refractivity contribution in [2.75, 3.05) is 6.54 Å². The quantitative estimate of drug-likeness (QED) is 0.680. The number of carbonyl (C=O) groups excluding carboxylic acids is 1. The van der Waals surface area contributed by atoms with Crippen LogP contribution in [0.15, 0.2) is 28.7 Å². The van der Waals surface area contributed by atoms with E-state index in [2.05, 4.69) is 31.9 Å². The van der Waals surface area contributed by atoms with Gasteiger partial charge in [-0.25, -0.2) is 8.78 Å². The van der Waals surface area contributed by atoms with Gasteiger partial charge in [-0.05, 0) is 31.0 Å². The van der Waals surface area contributed by atoms with Gasteiger partial charge < -0.3 is 4.90 Å². The standard InChI is InChI=1S/C14H13Br2F2NO/c1-8-6-9(15)2-3-10(8)12-5-4-11(16)14(20)19(12)7-13(17)18/h2-3,5-6,11,13H,4,7H2,1H3. The van der Waals surface area contributed by atoms with Crippen LogP contribution in [0.2, 0.25) is 0 Å². The second-order valence-electron chi connectivity index (χ2n) is 4.59. The van der Waals surface area contributed by atoms with E-state index in [1.165, 1.54) is 4.90 Å². The Kier molecular flexibility index (Phi) is 4.96. The Labute approximate surface area is 133 Å². The number of hydrogen-bond donors (Lipinski definition) is 0. The summed E-state index contributed by atoms with van der Waals surface area (Å²) in [6.07, 6.45) is -0.223. The Morgan fingerprint density at radius 1 is 1.45 bits per heavy atom. The molecule has 1 aromatic carbocycles. The maximum absolute atomic E-state index is 12.7. The lowest BCUT2D eigenvalue weighted by Crippen LogP contribution is -2.41. The van der Waals surface area contributed by atoms with Gasteiger partial charge in [0.15, 0.2) is 0 Å². The third kappa shape index (κ3) is 3.28. The summed E-state index contributed by atoms with van der Waals surface area (Å²) < 4.78 is 26.4. The summed E-state index contributed by atoms with van der Waals surface area (Å²) >= 11 is 6.60. The lowest BCUT2D eigenvalue weighted by molar-refractivity contribution is -0.129. The Hall–Kier alpha value is -0.750. The molecule has 0 saturated heterocycles. The molecule has 1 aliphatic rings. The van der Waals surface area contributed by atoms with E-state index in [0.29, 0.717) is 12.1 Å². The summed E-state index contributed by atoms with van der Waals surface area (Å²) in [5, 5.41) is 0. The molecule has 1 unspecified atom stereocenters. The van der Waals surface area contributed by atoms with Gasteiger partial charge >= 0.3 is 0 Å². The van der Waals surface area contributed by atoms with Crippen molar-refractivity contribution in [2.45, 2.75) is 24.6 Å². The number of carbonyl (C=O) groups is 1. The van der Waals surface area contributed by atoms with Crippen LogP contribution in [-0.4, -0.2) is 28.6 Å². The van der Waals surface area contributed by atoms with Crippen LogP contribution in [0.1, 0.15) is 17.5 Å². The summed E-state index contributed by atoms with van der Waals surface area (Å²) in [5.74, 6) is -0.315. The molecule has 1 aromatic rings. The molecule has 0 spiro atoms. The van der Waals surface area contributed by atoms with Crippen LogP contribution in [0.5, 0.6) is 0 Å². The van der Waals surface area contributed by atoms with Crippen molar-refractivity contribution in [3.63, 3.8) is 0 Å². The molecular weight excluding hydrogens is 396 g/mol. The molecule has 1 aliphatic heterocycles. The first-order valence-electron chi connectivity index (χ1n) is 6.10. The fourth-order valence-electron chi connectivity index (χ4n) is 2.21. The summed E-state index contributed by atoms with van der Waals surface area (Å²) in [4.78, 5) is 12.9. The molecule has 1 amide bonds. The molecule has 1 atom stereocenters. The molecule has 20 heavy (non-hydrogen) atoms. The summed E-state index contributed by atoms with van der Waals surface area (Å²) in [5.41, 5.74) is 2.31. The normalized spacial score (nSPS) is 19.5. The van der Waals surface area contributed by atoms with Crippen LogP contribution in [0, 0.1) is 6.92 Å². The van der Waals surface area contributed by atoms with Gasteiger partial charge in [0.1, 0.15) is 0 Å². The molecule has 0 aliphatic carbocycles. The first-order valence-corrected chi connectivity index (χ1v) is 7.81. The van der Waals surface area contributed by atoms with Gasteiger partial charge in [0.25, 0.3) is 6.43 Å². The minimum Gasteiger partial charge on any atom is -0.305 e. The van der Waals surface area contributed by atoms with Gasteiger partial charge in [-0.15, -0.1) is 0 Å². The number of aryl methyl sites for hydroxylation is 1. The molecular formula is C14H13Br2F2NO. The van der Waals surface area contributed by atoms with Crippen molar-refractivity contribution >= 4 is 43.5 Å². The Morgan fingerprint density at radius 2 is 2.15 bits per heavy atom. The fraction of sp³-hybridized carbons (Fsp3) is 0.357. The molecule has 1 heterocycles. The Bertz CT molecular complexity index is 560. The van der Waals surface area contributed by atoms with E-state index in [0.717, 1.165) is 15.6 Å². The van der Waals surface area contributed by atoms with E-state index in [-0.39, 0.29) is 5.91 Å². The number of rotatable bonds is 3. The molecule has 0 aromatic heterocycles. The molecule has 0 fully saturated rings. The van der Waals surface area contributed by atoms with E-state index < -0.39 is 17.8 Å². The van der Waals surface area contributed by atoms with Crippen LogP contribution < -0.4 is 0 Å². The van der Waals surface area contributed by atoms with Gasteiger partial charge in [0.05, 0.1) is 11.4 Å². The Balaban J connectivity index is 2.43. The maximum atomic E-state index is 12.7. The van der Waals surface area contributed by atoms with Crippen LogP contribution in [0.4, 0.5) is 8.78 Å². The highest BCUT2D eigenvalue weighted by atomic mass is 79.9.